The smallest absolute Gasteiger partial charge is 0.355 e. The Bertz CT molecular complexity index is 648. The Labute approximate surface area is 116 Å². The lowest BCUT2D eigenvalue weighted by atomic mass is 10.0. The van der Waals surface area contributed by atoms with Gasteiger partial charge in [0.1, 0.15) is 0 Å². The van der Waals surface area contributed by atoms with Crippen molar-refractivity contribution in [3.63, 3.8) is 0 Å². The van der Waals surface area contributed by atoms with Crippen molar-refractivity contribution in [2.45, 2.75) is 0 Å². The van der Waals surface area contributed by atoms with Gasteiger partial charge in [-0.25, -0.2) is 9.78 Å². The number of carbonyl (C=O) groups excluding carboxylic acids is 1. The zero-order valence-corrected chi connectivity index (χ0v) is 11.2. The summed E-state index contributed by atoms with van der Waals surface area (Å²) in [4.78, 5) is 28.3. The lowest BCUT2D eigenvalue weighted by molar-refractivity contribution is 0.0691. The largest absolute Gasteiger partial charge is 0.476 e. The number of carboxylic acids is 1. The number of aromatic carboxylic acids is 1. The molecule has 20 heavy (non-hydrogen) atoms. The topological polar surface area (TPSA) is 70.5 Å². The van der Waals surface area contributed by atoms with E-state index in [4.69, 9.17) is 5.11 Å². The molecule has 1 aromatic carbocycles. The number of pyridine rings is 1. The highest BCUT2D eigenvalue weighted by Crippen LogP contribution is 2.22. The molecule has 0 aliphatic heterocycles. The molecule has 0 atom stereocenters. The maximum atomic E-state index is 11.8. The van der Waals surface area contributed by atoms with E-state index in [2.05, 4.69) is 4.98 Å². The van der Waals surface area contributed by atoms with Crippen LogP contribution in [0.25, 0.3) is 11.1 Å². The summed E-state index contributed by atoms with van der Waals surface area (Å²) >= 11 is 0. The van der Waals surface area contributed by atoms with E-state index in [1.807, 2.05) is 0 Å². The lowest BCUT2D eigenvalue weighted by Crippen LogP contribution is -2.21. The van der Waals surface area contributed by atoms with Crippen LogP contribution in [0.15, 0.2) is 42.6 Å². The molecule has 1 aromatic heterocycles. The van der Waals surface area contributed by atoms with Crippen molar-refractivity contribution in [2.24, 2.45) is 0 Å². The average molecular weight is 270 g/mol. The molecule has 0 unspecified atom stereocenters. The quantitative estimate of drug-likeness (QED) is 0.927. The minimum Gasteiger partial charge on any atom is -0.476 e. The van der Waals surface area contributed by atoms with Gasteiger partial charge in [-0.05, 0) is 23.8 Å². The molecule has 0 aliphatic carbocycles. The Morgan fingerprint density at radius 2 is 1.75 bits per heavy atom. The molecule has 5 nitrogen and oxygen atoms in total. The summed E-state index contributed by atoms with van der Waals surface area (Å²) < 4.78 is 0. The third kappa shape index (κ3) is 2.66. The number of benzene rings is 1. The molecule has 1 amide bonds. The Balaban J connectivity index is 2.41. The Morgan fingerprint density at radius 1 is 1.10 bits per heavy atom. The van der Waals surface area contributed by atoms with E-state index in [9.17, 15) is 9.59 Å². The second-order valence-electron chi connectivity index (χ2n) is 4.48. The number of rotatable bonds is 3. The first-order valence-corrected chi connectivity index (χ1v) is 6.01. The second-order valence-corrected chi connectivity index (χ2v) is 4.48. The predicted molar refractivity (Wildman–Crippen MR) is 74.6 cm³/mol. The van der Waals surface area contributed by atoms with Crippen molar-refractivity contribution >= 4 is 11.9 Å². The summed E-state index contributed by atoms with van der Waals surface area (Å²) in [6, 6.07) is 10.2. The molecule has 0 bridgehead atoms. The fraction of sp³-hybridized carbons (Fsp3) is 0.133. The Hall–Kier alpha value is -2.69. The molecule has 5 heteroatoms. The zero-order valence-electron chi connectivity index (χ0n) is 11.2. The van der Waals surface area contributed by atoms with Gasteiger partial charge in [0, 0.05) is 31.4 Å². The molecule has 0 spiro atoms. The maximum Gasteiger partial charge on any atom is 0.355 e. The number of carboxylic acid groups (broad SMARTS) is 1. The van der Waals surface area contributed by atoms with Crippen LogP contribution < -0.4 is 0 Å². The molecule has 0 radical (unpaired) electrons. The van der Waals surface area contributed by atoms with Gasteiger partial charge in [-0.2, -0.15) is 0 Å². The summed E-state index contributed by atoms with van der Waals surface area (Å²) in [5.74, 6) is -1.17. The number of amides is 1. The van der Waals surface area contributed by atoms with Crippen LogP contribution in [0.2, 0.25) is 0 Å². The number of nitrogens with zero attached hydrogens (tertiary/aromatic N) is 2. The molecule has 0 saturated carbocycles. The number of carbonyl (C=O) groups is 2. The summed E-state index contributed by atoms with van der Waals surface area (Å²) in [5, 5.41) is 9.12. The third-order valence-electron chi connectivity index (χ3n) is 2.86. The van der Waals surface area contributed by atoms with Gasteiger partial charge in [-0.3, -0.25) is 4.79 Å². The first-order chi connectivity index (χ1) is 9.50. The highest BCUT2D eigenvalue weighted by Gasteiger charge is 2.13. The number of hydrogen-bond donors (Lipinski definition) is 1. The van der Waals surface area contributed by atoms with E-state index in [0.29, 0.717) is 16.7 Å². The van der Waals surface area contributed by atoms with Gasteiger partial charge in [0.2, 0.25) is 0 Å². The van der Waals surface area contributed by atoms with Gasteiger partial charge in [-0.1, -0.05) is 18.2 Å². The second kappa shape index (κ2) is 5.52. The van der Waals surface area contributed by atoms with Crippen LogP contribution >= 0.6 is 0 Å². The molecule has 1 heterocycles. The molecule has 0 saturated heterocycles. The minimum atomic E-state index is -1.07. The third-order valence-corrected chi connectivity index (χ3v) is 2.86. The predicted octanol–water partition coefficient (Wildman–Crippen LogP) is 2.15. The molecule has 2 rings (SSSR count). The van der Waals surface area contributed by atoms with E-state index >= 15 is 0 Å². The van der Waals surface area contributed by atoms with Gasteiger partial charge < -0.3 is 10.0 Å². The first-order valence-electron chi connectivity index (χ1n) is 6.01. The van der Waals surface area contributed by atoms with E-state index < -0.39 is 5.97 Å². The monoisotopic (exact) mass is 270 g/mol. The highest BCUT2D eigenvalue weighted by molar-refractivity contribution is 5.96. The van der Waals surface area contributed by atoms with Crippen LogP contribution in [0.5, 0.6) is 0 Å². The molecular weight excluding hydrogens is 256 g/mol. The van der Waals surface area contributed by atoms with Crippen molar-refractivity contribution in [3.05, 3.63) is 53.9 Å². The van der Waals surface area contributed by atoms with E-state index in [1.165, 1.54) is 11.1 Å². The SMILES string of the molecule is CN(C)C(=O)c1ccc(-c2cccnc2C(=O)O)cc1. The standard InChI is InChI=1S/C15H14N2O3/c1-17(2)14(18)11-7-5-10(6-8-11)12-4-3-9-16-13(12)15(19)20/h3-9H,1-2H3,(H,19,20). The number of aromatic nitrogens is 1. The Morgan fingerprint density at radius 3 is 2.30 bits per heavy atom. The van der Waals surface area contributed by atoms with Crippen LogP contribution in [0, 0.1) is 0 Å². The fourth-order valence-corrected chi connectivity index (χ4v) is 1.86. The lowest BCUT2D eigenvalue weighted by Gasteiger charge is -2.11. The summed E-state index contributed by atoms with van der Waals surface area (Å²) in [7, 11) is 3.36. The van der Waals surface area contributed by atoms with Gasteiger partial charge in [0.15, 0.2) is 5.69 Å². The van der Waals surface area contributed by atoms with Crippen LogP contribution in [-0.2, 0) is 0 Å². The van der Waals surface area contributed by atoms with E-state index in [0.717, 1.165) is 0 Å². The summed E-state index contributed by atoms with van der Waals surface area (Å²) in [6.45, 7) is 0. The molecule has 2 aromatic rings. The highest BCUT2D eigenvalue weighted by atomic mass is 16.4. The maximum absolute atomic E-state index is 11.8. The molecule has 1 N–H and O–H groups in total. The van der Waals surface area contributed by atoms with E-state index in [-0.39, 0.29) is 11.6 Å². The molecular formula is C15H14N2O3. The minimum absolute atomic E-state index is 0.000754. The first kappa shape index (κ1) is 13.7. The van der Waals surface area contributed by atoms with Gasteiger partial charge in [0.05, 0.1) is 0 Å². The van der Waals surface area contributed by atoms with Crippen LogP contribution in [0.1, 0.15) is 20.8 Å². The van der Waals surface area contributed by atoms with Gasteiger partial charge in [0.25, 0.3) is 5.91 Å². The molecule has 0 fully saturated rings. The normalized spacial score (nSPS) is 10.1. The van der Waals surface area contributed by atoms with Gasteiger partial charge in [-0.15, -0.1) is 0 Å². The van der Waals surface area contributed by atoms with Crippen molar-refractivity contribution in [3.8, 4) is 11.1 Å². The molecule has 0 aliphatic rings. The van der Waals surface area contributed by atoms with Crippen LogP contribution in [0.3, 0.4) is 0 Å². The van der Waals surface area contributed by atoms with E-state index in [1.54, 1.807) is 50.5 Å². The van der Waals surface area contributed by atoms with Crippen LogP contribution in [0.4, 0.5) is 0 Å². The van der Waals surface area contributed by atoms with Crippen LogP contribution in [-0.4, -0.2) is 41.0 Å². The molecule has 102 valence electrons. The number of hydrogen-bond acceptors (Lipinski definition) is 3. The van der Waals surface area contributed by atoms with Crippen molar-refractivity contribution in [1.82, 2.24) is 9.88 Å². The summed E-state index contributed by atoms with van der Waals surface area (Å²) in [5.41, 5.74) is 1.80. The summed E-state index contributed by atoms with van der Waals surface area (Å²) in [6.07, 6.45) is 1.44. The fourth-order valence-electron chi connectivity index (χ4n) is 1.86. The van der Waals surface area contributed by atoms with Crippen molar-refractivity contribution < 1.29 is 14.7 Å². The average Bonchev–Trinajstić information content (AvgIpc) is 2.46. The van der Waals surface area contributed by atoms with Crippen molar-refractivity contribution in [1.29, 1.82) is 0 Å². The zero-order chi connectivity index (χ0) is 14.7. The van der Waals surface area contributed by atoms with Crippen molar-refractivity contribution in [2.75, 3.05) is 14.1 Å². The van der Waals surface area contributed by atoms with Gasteiger partial charge >= 0.3 is 5.97 Å². The Kier molecular flexibility index (Phi) is 3.79.